The van der Waals surface area contributed by atoms with Crippen LogP contribution in [0.15, 0.2) is 59.8 Å². The Bertz CT molecular complexity index is 809. The topological polar surface area (TPSA) is 61.0 Å². The quantitative estimate of drug-likeness (QED) is 0.459. The number of rotatable bonds is 6. The van der Waals surface area contributed by atoms with Crippen LogP contribution in [0.4, 0.5) is 5.82 Å². The van der Waals surface area contributed by atoms with Gasteiger partial charge in [-0.3, -0.25) is 0 Å². The van der Waals surface area contributed by atoms with Gasteiger partial charge in [-0.15, -0.1) is 0 Å². The van der Waals surface area contributed by atoms with E-state index in [1.165, 1.54) is 11.8 Å². The number of anilines is 1. The largest absolute Gasteiger partial charge is 0.473 e. The van der Waals surface area contributed by atoms with Crippen molar-refractivity contribution in [2.75, 3.05) is 5.73 Å². The van der Waals surface area contributed by atoms with Crippen LogP contribution in [0.1, 0.15) is 11.1 Å². The van der Waals surface area contributed by atoms with Crippen LogP contribution < -0.4 is 10.5 Å². The molecule has 0 saturated heterocycles. The van der Waals surface area contributed by atoms with Gasteiger partial charge in [0.05, 0.1) is 0 Å². The molecular formula is C18H15Cl2N3OS. The van der Waals surface area contributed by atoms with Gasteiger partial charge in [-0.25, -0.2) is 4.98 Å². The molecule has 0 aliphatic rings. The minimum Gasteiger partial charge on any atom is -0.473 e. The lowest BCUT2D eigenvalue weighted by Gasteiger charge is -2.09. The van der Waals surface area contributed by atoms with Gasteiger partial charge in [0, 0.05) is 27.4 Å². The summed E-state index contributed by atoms with van der Waals surface area (Å²) >= 11 is 13.7. The highest BCUT2D eigenvalue weighted by atomic mass is 35.5. The number of ether oxygens (including phenoxy) is 1. The molecule has 0 aliphatic heterocycles. The molecule has 0 radical (unpaired) electrons. The summed E-state index contributed by atoms with van der Waals surface area (Å²) in [6, 6.07) is 16.8. The molecule has 0 bridgehead atoms. The first-order chi connectivity index (χ1) is 12.1. The lowest BCUT2D eigenvalue weighted by atomic mass is 10.2. The minimum atomic E-state index is 0.310. The van der Waals surface area contributed by atoms with Gasteiger partial charge in [-0.1, -0.05) is 71.4 Å². The molecule has 2 aromatic carbocycles. The highest BCUT2D eigenvalue weighted by Crippen LogP contribution is 2.27. The molecule has 0 unspecified atom stereocenters. The van der Waals surface area contributed by atoms with Crippen LogP contribution in [0.2, 0.25) is 10.0 Å². The third-order valence-corrected chi connectivity index (χ3v) is 4.98. The van der Waals surface area contributed by atoms with Crippen LogP contribution >= 0.6 is 35.0 Å². The molecular weight excluding hydrogens is 377 g/mol. The van der Waals surface area contributed by atoms with E-state index in [1.807, 2.05) is 48.5 Å². The predicted molar refractivity (Wildman–Crippen MR) is 103 cm³/mol. The summed E-state index contributed by atoms with van der Waals surface area (Å²) in [5.74, 6) is 1.41. The summed E-state index contributed by atoms with van der Waals surface area (Å²) in [6.07, 6.45) is 0. The van der Waals surface area contributed by atoms with E-state index in [4.69, 9.17) is 33.7 Å². The molecule has 2 N–H and O–H groups in total. The molecule has 0 spiro atoms. The van der Waals surface area contributed by atoms with E-state index in [-0.39, 0.29) is 0 Å². The Labute approximate surface area is 160 Å². The smallest absolute Gasteiger partial charge is 0.219 e. The lowest BCUT2D eigenvalue weighted by Crippen LogP contribution is -2.02. The number of aromatic nitrogens is 2. The van der Waals surface area contributed by atoms with E-state index in [0.29, 0.717) is 39.3 Å². The van der Waals surface area contributed by atoms with Gasteiger partial charge in [0.2, 0.25) is 5.88 Å². The van der Waals surface area contributed by atoms with Crippen molar-refractivity contribution < 1.29 is 4.74 Å². The van der Waals surface area contributed by atoms with Crippen LogP contribution in [0, 0.1) is 0 Å². The van der Waals surface area contributed by atoms with Gasteiger partial charge in [0.1, 0.15) is 12.4 Å². The standard InChI is InChI=1S/C18H15Cl2N3OS/c19-14-7-3-1-5-12(14)10-24-17-9-16(21)22-18(23-17)25-11-13-6-2-4-8-15(13)20/h1-9H,10-11H2,(H2,21,22,23). The fraction of sp³-hybridized carbons (Fsp3) is 0.111. The molecule has 1 heterocycles. The van der Waals surface area contributed by atoms with Gasteiger partial charge in [0.25, 0.3) is 0 Å². The van der Waals surface area contributed by atoms with Gasteiger partial charge in [-0.05, 0) is 17.7 Å². The summed E-state index contributed by atoms with van der Waals surface area (Å²) < 4.78 is 5.72. The van der Waals surface area contributed by atoms with E-state index in [0.717, 1.165) is 11.1 Å². The maximum absolute atomic E-state index is 6.17. The number of hydrogen-bond acceptors (Lipinski definition) is 5. The third kappa shape index (κ3) is 5.01. The normalized spacial score (nSPS) is 10.6. The van der Waals surface area contributed by atoms with E-state index >= 15 is 0 Å². The fourth-order valence-corrected chi connectivity index (χ4v) is 3.42. The Morgan fingerprint density at radius 1 is 0.920 bits per heavy atom. The van der Waals surface area contributed by atoms with E-state index in [1.54, 1.807) is 6.07 Å². The van der Waals surface area contributed by atoms with Crippen LogP contribution in [0.5, 0.6) is 5.88 Å². The number of benzene rings is 2. The second-order valence-electron chi connectivity index (χ2n) is 5.17. The predicted octanol–water partition coefficient (Wildman–Crippen LogP) is 5.24. The molecule has 0 amide bonds. The van der Waals surface area contributed by atoms with Gasteiger partial charge >= 0.3 is 0 Å². The maximum Gasteiger partial charge on any atom is 0.219 e. The molecule has 3 rings (SSSR count). The number of halogens is 2. The summed E-state index contributed by atoms with van der Waals surface area (Å²) in [4.78, 5) is 8.62. The monoisotopic (exact) mass is 391 g/mol. The van der Waals surface area contributed by atoms with Crippen LogP contribution in [0.25, 0.3) is 0 Å². The fourth-order valence-electron chi connectivity index (χ4n) is 2.08. The van der Waals surface area contributed by atoms with Crippen molar-refractivity contribution in [3.63, 3.8) is 0 Å². The molecule has 0 fully saturated rings. The molecule has 128 valence electrons. The number of nitrogens with two attached hydrogens (primary N) is 1. The Hall–Kier alpha value is -1.95. The number of thioether (sulfide) groups is 1. The zero-order valence-corrected chi connectivity index (χ0v) is 15.5. The summed E-state index contributed by atoms with van der Waals surface area (Å²) in [5.41, 5.74) is 7.75. The van der Waals surface area contributed by atoms with Crippen LogP contribution in [0.3, 0.4) is 0 Å². The van der Waals surface area contributed by atoms with Gasteiger partial charge < -0.3 is 10.5 Å². The molecule has 4 nitrogen and oxygen atoms in total. The van der Waals surface area contributed by atoms with Gasteiger partial charge in [-0.2, -0.15) is 4.98 Å². The van der Waals surface area contributed by atoms with Crippen molar-refractivity contribution >= 4 is 40.8 Å². The minimum absolute atomic E-state index is 0.310. The third-order valence-electron chi connectivity index (χ3n) is 3.35. The zero-order chi connectivity index (χ0) is 17.6. The molecule has 1 aromatic heterocycles. The maximum atomic E-state index is 6.17. The molecule has 3 aromatic rings. The van der Waals surface area contributed by atoms with Crippen LogP contribution in [-0.2, 0) is 12.4 Å². The average Bonchev–Trinajstić information content (AvgIpc) is 2.60. The van der Waals surface area contributed by atoms with E-state index in [9.17, 15) is 0 Å². The zero-order valence-electron chi connectivity index (χ0n) is 13.2. The number of nitrogens with zero attached hydrogens (tertiary/aromatic N) is 2. The molecule has 7 heteroatoms. The van der Waals surface area contributed by atoms with E-state index in [2.05, 4.69) is 9.97 Å². The summed E-state index contributed by atoms with van der Waals surface area (Å²) in [7, 11) is 0. The first kappa shape index (κ1) is 17.9. The second kappa shape index (κ2) is 8.43. The number of nitrogen functional groups attached to an aromatic ring is 1. The van der Waals surface area contributed by atoms with Crippen LogP contribution in [-0.4, -0.2) is 9.97 Å². The van der Waals surface area contributed by atoms with Gasteiger partial charge in [0.15, 0.2) is 5.16 Å². The van der Waals surface area contributed by atoms with Crippen molar-refractivity contribution in [1.29, 1.82) is 0 Å². The number of hydrogen-bond donors (Lipinski definition) is 1. The second-order valence-corrected chi connectivity index (χ2v) is 6.93. The summed E-state index contributed by atoms with van der Waals surface area (Å²) in [5, 5.41) is 1.90. The van der Waals surface area contributed by atoms with Crippen molar-refractivity contribution in [3.05, 3.63) is 75.8 Å². The highest BCUT2D eigenvalue weighted by molar-refractivity contribution is 7.98. The Morgan fingerprint density at radius 2 is 1.56 bits per heavy atom. The molecule has 0 atom stereocenters. The molecule has 0 saturated carbocycles. The van der Waals surface area contributed by atoms with Crippen molar-refractivity contribution in [1.82, 2.24) is 9.97 Å². The van der Waals surface area contributed by atoms with E-state index < -0.39 is 0 Å². The van der Waals surface area contributed by atoms with Crippen molar-refractivity contribution in [2.24, 2.45) is 0 Å². The average molecular weight is 392 g/mol. The Balaban J connectivity index is 1.68. The van der Waals surface area contributed by atoms with Crippen molar-refractivity contribution in [3.8, 4) is 5.88 Å². The highest BCUT2D eigenvalue weighted by Gasteiger charge is 2.08. The first-order valence-corrected chi connectivity index (χ1v) is 9.23. The molecule has 0 aliphatic carbocycles. The molecule has 25 heavy (non-hydrogen) atoms. The SMILES string of the molecule is Nc1cc(OCc2ccccc2Cl)nc(SCc2ccccc2Cl)n1. The summed E-state index contributed by atoms with van der Waals surface area (Å²) in [6.45, 7) is 0.310. The Morgan fingerprint density at radius 3 is 2.24 bits per heavy atom. The first-order valence-electron chi connectivity index (χ1n) is 7.49. The lowest BCUT2D eigenvalue weighted by molar-refractivity contribution is 0.291. The Kier molecular flexibility index (Phi) is 6.02. The van der Waals surface area contributed by atoms with Crippen molar-refractivity contribution in [2.45, 2.75) is 17.5 Å².